The van der Waals surface area contributed by atoms with Crippen LogP contribution in [0.3, 0.4) is 0 Å². The van der Waals surface area contributed by atoms with Gasteiger partial charge >= 0.3 is 0 Å². The number of rotatable bonds is 4. The number of hydrogen-bond donors (Lipinski definition) is 1. The molecule has 0 aliphatic heterocycles. The fourth-order valence-corrected chi connectivity index (χ4v) is 3.53. The Hall–Kier alpha value is -2.97. The Bertz CT molecular complexity index is 1110. The molecule has 26 heavy (non-hydrogen) atoms. The van der Waals surface area contributed by atoms with Crippen molar-refractivity contribution >= 4 is 44.2 Å². The van der Waals surface area contributed by atoms with E-state index in [2.05, 4.69) is 20.6 Å². The smallest absolute Gasteiger partial charge is 0.279 e. The maximum atomic E-state index is 12.5. The summed E-state index contributed by atoms with van der Waals surface area (Å²) in [6.07, 6.45) is 1.52. The first-order valence-corrected chi connectivity index (χ1v) is 8.77. The lowest BCUT2D eigenvalue weighted by molar-refractivity contribution is 0.102. The number of benzene rings is 2. The van der Waals surface area contributed by atoms with E-state index < -0.39 is 5.91 Å². The van der Waals surface area contributed by atoms with E-state index in [1.54, 1.807) is 19.2 Å². The average molecular weight is 386 g/mol. The molecule has 0 saturated carbocycles. The lowest BCUT2D eigenvalue weighted by Crippen LogP contribution is -2.12. The minimum absolute atomic E-state index is 0.163. The summed E-state index contributed by atoms with van der Waals surface area (Å²) in [5.74, 6) is 0.255. The van der Waals surface area contributed by atoms with Crippen molar-refractivity contribution in [2.24, 2.45) is 0 Å². The molecule has 0 radical (unpaired) electrons. The molecule has 130 valence electrons. The normalized spacial score (nSPS) is 10.8. The van der Waals surface area contributed by atoms with Gasteiger partial charge in [0.15, 0.2) is 10.8 Å². The number of fused-ring (bicyclic) bond motifs is 1. The van der Waals surface area contributed by atoms with Gasteiger partial charge in [0.2, 0.25) is 0 Å². The van der Waals surface area contributed by atoms with E-state index >= 15 is 0 Å². The fraction of sp³-hybridized carbons (Fsp3) is 0.0588. The predicted molar refractivity (Wildman–Crippen MR) is 100 cm³/mol. The quantitative estimate of drug-likeness (QED) is 0.578. The minimum atomic E-state index is -0.402. The zero-order valence-corrected chi connectivity index (χ0v) is 15.1. The van der Waals surface area contributed by atoms with Crippen molar-refractivity contribution in [3.05, 3.63) is 59.4 Å². The van der Waals surface area contributed by atoms with E-state index in [4.69, 9.17) is 16.3 Å². The maximum absolute atomic E-state index is 12.5. The van der Waals surface area contributed by atoms with Gasteiger partial charge in [0, 0.05) is 0 Å². The van der Waals surface area contributed by atoms with Crippen molar-refractivity contribution in [1.29, 1.82) is 0 Å². The first-order chi connectivity index (χ1) is 12.7. The first-order valence-electron chi connectivity index (χ1n) is 7.58. The number of nitrogens with one attached hydrogen (secondary N) is 1. The molecule has 0 aliphatic carbocycles. The van der Waals surface area contributed by atoms with E-state index in [1.165, 1.54) is 22.2 Å². The molecule has 9 heteroatoms. The van der Waals surface area contributed by atoms with Gasteiger partial charge in [-0.2, -0.15) is 0 Å². The topological polar surface area (TPSA) is 81.9 Å². The maximum Gasteiger partial charge on any atom is 0.279 e. The highest BCUT2D eigenvalue weighted by atomic mass is 35.5. The van der Waals surface area contributed by atoms with Gasteiger partial charge in [-0.1, -0.05) is 46.4 Å². The Morgan fingerprint density at radius 1 is 1.23 bits per heavy atom. The molecule has 4 rings (SSSR count). The minimum Gasteiger partial charge on any atom is -0.494 e. The number of para-hydroxylation sites is 2. The van der Waals surface area contributed by atoms with E-state index in [0.29, 0.717) is 27.1 Å². The van der Waals surface area contributed by atoms with Gasteiger partial charge in [-0.15, -0.1) is 5.10 Å². The second kappa shape index (κ2) is 6.74. The molecule has 0 atom stereocenters. The molecular weight excluding hydrogens is 374 g/mol. The summed E-state index contributed by atoms with van der Waals surface area (Å²) in [4.78, 5) is 16.9. The number of carbonyl (C=O) groups excluding carboxylic acids is 1. The van der Waals surface area contributed by atoms with Crippen LogP contribution >= 0.6 is 22.9 Å². The Labute approximate surface area is 157 Å². The van der Waals surface area contributed by atoms with Crippen molar-refractivity contribution in [2.75, 3.05) is 12.4 Å². The van der Waals surface area contributed by atoms with Crippen LogP contribution in [0.15, 0.2) is 48.7 Å². The molecule has 1 N–H and O–H groups in total. The van der Waals surface area contributed by atoms with Crippen LogP contribution in [0.1, 0.15) is 10.5 Å². The zero-order valence-electron chi connectivity index (χ0n) is 13.5. The second-order valence-electron chi connectivity index (χ2n) is 5.28. The Kier molecular flexibility index (Phi) is 4.27. The van der Waals surface area contributed by atoms with Gasteiger partial charge in [-0.05, 0) is 24.3 Å². The van der Waals surface area contributed by atoms with E-state index in [0.717, 1.165) is 4.70 Å². The van der Waals surface area contributed by atoms with E-state index in [-0.39, 0.29) is 5.69 Å². The third kappa shape index (κ3) is 3.00. The molecule has 0 fully saturated rings. The lowest BCUT2D eigenvalue weighted by Gasteiger charge is -2.01. The van der Waals surface area contributed by atoms with Crippen molar-refractivity contribution in [3.8, 4) is 11.4 Å². The second-order valence-corrected chi connectivity index (χ2v) is 6.72. The molecule has 0 bridgehead atoms. The molecule has 0 unspecified atom stereocenters. The van der Waals surface area contributed by atoms with Gasteiger partial charge in [0.25, 0.3) is 5.91 Å². The van der Waals surface area contributed by atoms with Crippen LogP contribution in [0.25, 0.3) is 15.9 Å². The van der Waals surface area contributed by atoms with Crippen molar-refractivity contribution in [1.82, 2.24) is 20.0 Å². The largest absolute Gasteiger partial charge is 0.494 e. The molecule has 2 aromatic heterocycles. The molecular formula is C17H12ClN5O2S. The lowest BCUT2D eigenvalue weighted by atomic mass is 10.3. The molecule has 7 nitrogen and oxygen atoms in total. The van der Waals surface area contributed by atoms with Crippen LogP contribution in [0.4, 0.5) is 5.13 Å². The first kappa shape index (κ1) is 16.5. The number of carbonyl (C=O) groups is 1. The summed E-state index contributed by atoms with van der Waals surface area (Å²) < 4.78 is 7.66. The molecule has 1 amide bonds. The fourth-order valence-electron chi connectivity index (χ4n) is 2.43. The SMILES string of the molecule is COc1cccc2sc(NC(=O)c3cn(-c4ccccc4Cl)nn3)nc12. The van der Waals surface area contributed by atoms with E-state index in [9.17, 15) is 4.79 Å². The number of ether oxygens (including phenoxy) is 1. The molecule has 4 aromatic rings. The number of thiazole rings is 1. The molecule has 2 heterocycles. The summed E-state index contributed by atoms with van der Waals surface area (Å²) >= 11 is 7.50. The molecule has 0 aliphatic rings. The van der Waals surface area contributed by atoms with Crippen molar-refractivity contribution < 1.29 is 9.53 Å². The molecule has 2 aromatic carbocycles. The van der Waals surface area contributed by atoms with Crippen molar-refractivity contribution in [3.63, 3.8) is 0 Å². The summed E-state index contributed by atoms with van der Waals surface area (Å²) in [6, 6.07) is 12.8. The van der Waals surface area contributed by atoms with Gasteiger partial charge in [0.05, 0.1) is 28.7 Å². The van der Waals surface area contributed by atoms with Gasteiger partial charge in [-0.3, -0.25) is 10.1 Å². The standard InChI is InChI=1S/C17H12ClN5O2S/c1-25-13-7-4-8-14-15(13)19-17(26-14)20-16(24)11-9-23(22-21-11)12-6-3-2-5-10(12)18/h2-9H,1H3,(H,19,20,24). The Morgan fingerprint density at radius 3 is 2.88 bits per heavy atom. The van der Waals surface area contributed by atoms with Crippen LogP contribution in [-0.2, 0) is 0 Å². The van der Waals surface area contributed by atoms with Crippen LogP contribution in [-0.4, -0.2) is 33.0 Å². The highest BCUT2D eigenvalue weighted by Crippen LogP contribution is 2.32. The van der Waals surface area contributed by atoms with Crippen LogP contribution in [0.2, 0.25) is 5.02 Å². The van der Waals surface area contributed by atoms with Gasteiger partial charge < -0.3 is 4.74 Å². The number of halogens is 1. The number of nitrogens with zero attached hydrogens (tertiary/aromatic N) is 4. The Morgan fingerprint density at radius 2 is 2.08 bits per heavy atom. The molecule has 0 saturated heterocycles. The van der Waals surface area contributed by atoms with Crippen molar-refractivity contribution in [2.45, 2.75) is 0 Å². The number of methoxy groups -OCH3 is 1. The third-order valence-electron chi connectivity index (χ3n) is 3.65. The highest BCUT2D eigenvalue weighted by molar-refractivity contribution is 7.22. The number of hydrogen-bond acceptors (Lipinski definition) is 6. The number of amides is 1. The van der Waals surface area contributed by atoms with Crippen LogP contribution < -0.4 is 10.1 Å². The predicted octanol–water partition coefficient (Wildman–Crippen LogP) is 3.79. The van der Waals surface area contributed by atoms with Crippen LogP contribution in [0.5, 0.6) is 5.75 Å². The number of anilines is 1. The summed E-state index contributed by atoms with van der Waals surface area (Å²) in [5, 5.41) is 11.6. The van der Waals surface area contributed by atoms with Gasteiger partial charge in [-0.25, -0.2) is 9.67 Å². The molecule has 0 spiro atoms. The van der Waals surface area contributed by atoms with E-state index in [1.807, 2.05) is 30.3 Å². The zero-order chi connectivity index (χ0) is 18.1. The summed E-state index contributed by atoms with van der Waals surface area (Å²) in [5.41, 5.74) is 1.51. The monoisotopic (exact) mass is 385 g/mol. The van der Waals surface area contributed by atoms with Crippen LogP contribution in [0, 0.1) is 0 Å². The third-order valence-corrected chi connectivity index (χ3v) is 4.90. The average Bonchev–Trinajstić information content (AvgIpc) is 3.28. The highest BCUT2D eigenvalue weighted by Gasteiger charge is 2.16. The number of aromatic nitrogens is 4. The Balaban J connectivity index is 1.59. The van der Waals surface area contributed by atoms with Gasteiger partial charge in [0.1, 0.15) is 11.3 Å². The summed E-state index contributed by atoms with van der Waals surface area (Å²) in [7, 11) is 1.58. The summed E-state index contributed by atoms with van der Waals surface area (Å²) in [6.45, 7) is 0.